The van der Waals surface area contributed by atoms with Gasteiger partial charge in [-0.3, -0.25) is 4.72 Å². The highest BCUT2D eigenvalue weighted by Gasteiger charge is 2.28. The third-order valence-corrected chi connectivity index (χ3v) is 6.93. The highest BCUT2D eigenvalue weighted by atomic mass is 32.2. The minimum absolute atomic E-state index is 0.0593. The van der Waals surface area contributed by atoms with Crippen molar-refractivity contribution in [1.29, 1.82) is 0 Å². The lowest BCUT2D eigenvalue weighted by Crippen LogP contribution is -2.25. The van der Waals surface area contributed by atoms with Gasteiger partial charge in [0, 0.05) is 6.04 Å². The first-order valence-electron chi connectivity index (χ1n) is 8.28. The molecule has 1 saturated carbocycles. The largest absolute Gasteiger partial charge is 0.433 e. The van der Waals surface area contributed by atoms with Gasteiger partial charge in [-0.25, -0.2) is 21.6 Å². The Balaban J connectivity index is 1.86. The van der Waals surface area contributed by atoms with Gasteiger partial charge in [-0.15, -0.1) is 0 Å². The lowest BCUT2D eigenvalue weighted by molar-refractivity contribution is -0.0493. The number of benzene rings is 2. The molecule has 3 rings (SSSR count). The Morgan fingerprint density at radius 3 is 2.07 bits per heavy atom. The number of para-hydroxylation sites is 1. The van der Waals surface area contributed by atoms with Crippen molar-refractivity contribution in [3.05, 3.63) is 48.0 Å². The van der Waals surface area contributed by atoms with E-state index < -0.39 is 26.7 Å². The van der Waals surface area contributed by atoms with Gasteiger partial charge >= 0.3 is 6.61 Å². The van der Waals surface area contributed by atoms with Crippen LogP contribution in [0.15, 0.2) is 52.3 Å². The van der Waals surface area contributed by atoms with Gasteiger partial charge in [0.1, 0.15) is 5.75 Å². The van der Waals surface area contributed by atoms with Crippen LogP contribution >= 0.6 is 0 Å². The standard InChI is InChI=1S/C17H18F2N2O5S2/c1-11-3-2-4-15(26-17(18)19)16(11)21-28(24,25)14-9-7-13(8-10-14)27(22,23)20-12-5-6-12/h2-4,7-10,12,17,20-21H,5-6H2,1H3. The van der Waals surface area contributed by atoms with E-state index in [1.165, 1.54) is 37.3 Å². The highest BCUT2D eigenvalue weighted by Crippen LogP contribution is 2.31. The maximum absolute atomic E-state index is 12.6. The molecule has 7 nitrogen and oxygen atoms in total. The van der Waals surface area contributed by atoms with Crippen LogP contribution in [0.25, 0.3) is 0 Å². The predicted octanol–water partition coefficient (Wildman–Crippen LogP) is 2.84. The second-order valence-corrected chi connectivity index (χ2v) is 9.70. The van der Waals surface area contributed by atoms with Crippen molar-refractivity contribution in [2.75, 3.05) is 4.72 Å². The van der Waals surface area contributed by atoms with E-state index in [1.807, 2.05) is 0 Å². The Kier molecular flexibility index (Phi) is 5.60. The van der Waals surface area contributed by atoms with E-state index in [4.69, 9.17) is 0 Å². The molecule has 0 saturated heterocycles. The number of halogens is 2. The third kappa shape index (κ3) is 4.78. The molecule has 0 aliphatic heterocycles. The molecule has 2 N–H and O–H groups in total. The molecule has 0 radical (unpaired) electrons. The van der Waals surface area contributed by atoms with Crippen molar-refractivity contribution >= 4 is 25.7 Å². The molecule has 1 aliphatic carbocycles. The molecule has 2 aromatic rings. The number of sulfonamides is 2. The molecule has 0 spiro atoms. The van der Waals surface area contributed by atoms with Crippen LogP contribution in [0.3, 0.4) is 0 Å². The average molecular weight is 432 g/mol. The van der Waals surface area contributed by atoms with E-state index in [0.29, 0.717) is 5.56 Å². The molecule has 11 heteroatoms. The van der Waals surface area contributed by atoms with Gasteiger partial charge in [-0.05, 0) is 55.7 Å². The predicted molar refractivity (Wildman–Crippen MR) is 98.4 cm³/mol. The fraction of sp³-hybridized carbons (Fsp3) is 0.294. The fourth-order valence-corrected chi connectivity index (χ4v) is 4.89. The van der Waals surface area contributed by atoms with Crippen molar-refractivity contribution in [2.24, 2.45) is 0 Å². The Bertz CT molecular complexity index is 1070. The zero-order valence-electron chi connectivity index (χ0n) is 14.7. The van der Waals surface area contributed by atoms with Crippen molar-refractivity contribution in [3.8, 4) is 5.75 Å². The number of alkyl halides is 2. The summed E-state index contributed by atoms with van der Waals surface area (Å²) in [6.07, 6.45) is 1.55. The summed E-state index contributed by atoms with van der Waals surface area (Å²) in [7, 11) is -7.87. The monoisotopic (exact) mass is 432 g/mol. The van der Waals surface area contributed by atoms with Crippen molar-refractivity contribution in [3.63, 3.8) is 0 Å². The lowest BCUT2D eigenvalue weighted by Gasteiger charge is -2.15. The van der Waals surface area contributed by atoms with Crippen LogP contribution in [0.5, 0.6) is 5.75 Å². The fourth-order valence-electron chi connectivity index (χ4n) is 2.45. The first-order valence-corrected chi connectivity index (χ1v) is 11.2. The molecule has 0 aromatic heterocycles. The lowest BCUT2D eigenvalue weighted by atomic mass is 10.2. The minimum atomic E-state index is -4.16. The molecule has 0 amide bonds. The third-order valence-electron chi connectivity index (χ3n) is 4.03. The first kappa shape index (κ1) is 20.5. The van der Waals surface area contributed by atoms with E-state index in [2.05, 4.69) is 14.2 Å². The van der Waals surface area contributed by atoms with Gasteiger partial charge in [0.05, 0.1) is 15.5 Å². The molecular formula is C17H18F2N2O5S2. The van der Waals surface area contributed by atoms with Crippen LogP contribution in [-0.4, -0.2) is 29.5 Å². The topological polar surface area (TPSA) is 102 Å². The minimum Gasteiger partial charge on any atom is -0.433 e. The summed E-state index contributed by atoms with van der Waals surface area (Å²) >= 11 is 0. The number of aryl methyl sites for hydroxylation is 1. The van der Waals surface area contributed by atoms with Crippen LogP contribution in [0.2, 0.25) is 0 Å². The van der Waals surface area contributed by atoms with Gasteiger partial charge < -0.3 is 4.74 Å². The first-order chi connectivity index (χ1) is 13.1. The van der Waals surface area contributed by atoms with Gasteiger partial charge in [-0.2, -0.15) is 8.78 Å². The average Bonchev–Trinajstić information content (AvgIpc) is 3.41. The maximum atomic E-state index is 12.6. The van der Waals surface area contributed by atoms with E-state index in [9.17, 15) is 25.6 Å². The summed E-state index contributed by atoms with van der Waals surface area (Å²) in [5, 5.41) is 0. The second-order valence-electron chi connectivity index (χ2n) is 6.30. The van der Waals surface area contributed by atoms with E-state index in [1.54, 1.807) is 0 Å². The zero-order valence-corrected chi connectivity index (χ0v) is 16.4. The summed E-state index contributed by atoms with van der Waals surface area (Å²) < 4.78 is 83.8. The van der Waals surface area contributed by atoms with Crippen LogP contribution < -0.4 is 14.2 Å². The molecule has 0 atom stereocenters. The summed E-state index contributed by atoms with van der Waals surface area (Å²) in [5.41, 5.74) is 0.268. The van der Waals surface area contributed by atoms with E-state index in [-0.39, 0.29) is 27.3 Å². The SMILES string of the molecule is Cc1cccc(OC(F)F)c1NS(=O)(=O)c1ccc(S(=O)(=O)NC2CC2)cc1. The van der Waals surface area contributed by atoms with Gasteiger partial charge in [-0.1, -0.05) is 12.1 Å². The zero-order chi connectivity index (χ0) is 20.5. The molecular weight excluding hydrogens is 414 g/mol. The van der Waals surface area contributed by atoms with Gasteiger partial charge in [0.15, 0.2) is 0 Å². The quantitative estimate of drug-likeness (QED) is 0.668. The second kappa shape index (κ2) is 7.64. The molecule has 2 aromatic carbocycles. The molecule has 1 aliphatic rings. The Hall–Kier alpha value is -2.24. The number of ether oxygens (including phenoxy) is 1. The normalized spacial score (nSPS) is 14.9. The smallest absolute Gasteiger partial charge is 0.387 e. The molecule has 1 fully saturated rings. The summed E-state index contributed by atoms with van der Waals surface area (Å²) in [4.78, 5) is -0.278. The van der Waals surface area contributed by atoms with Crippen LogP contribution in [-0.2, 0) is 20.0 Å². The molecule has 0 bridgehead atoms. The van der Waals surface area contributed by atoms with Crippen LogP contribution in [0.1, 0.15) is 18.4 Å². The molecule has 0 unspecified atom stereocenters. The van der Waals surface area contributed by atoms with Crippen molar-refractivity contribution in [1.82, 2.24) is 4.72 Å². The number of hydrogen-bond acceptors (Lipinski definition) is 5. The molecule has 28 heavy (non-hydrogen) atoms. The number of rotatable bonds is 8. The molecule has 0 heterocycles. The number of hydrogen-bond donors (Lipinski definition) is 2. The number of anilines is 1. The van der Waals surface area contributed by atoms with Crippen molar-refractivity contribution < 1.29 is 30.4 Å². The van der Waals surface area contributed by atoms with E-state index >= 15 is 0 Å². The Morgan fingerprint density at radius 1 is 0.964 bits per heavy atom. The Labute approximate surface area is 161 Å². The Morgan fingerprint density at radius 2 is 1.54 bits per heavy atom. The van der Waals surface area contributed by atoms with Crippen LogP contribution in [0.4, 0.5) is 14.5 Å². The van der Waals surface area contributed by atoms with Crippen molar-refractivity contribution in [2.45, 2.75) is 42.2 Å². The molecule has 152 valence electrons. The van der Waals surface area contributed by atoms with Gasteiger partial charge in [0.2, 0.25) is 10.0 Å². The van der Waals surface area contributed by atoms with Gasteiger partial charge in [0.25, 0.3) is 10.0 Å². The summed E-state index contributed by atoms with van der Waals surface area (Å²) in [5.74, 6) is -0.314. The maximum Gasteiger partial charge on any atom is 0.387 e. The summed E-state index contributed by atoms with van der Waals surface area (Å²) in [6, 6.07) is 8.75. The summed E-state index contributed by atoms with van der Waals surface area (Å²) in [6.45, 7) is -1.58. The van der Waals surface area contributed by atoms with Crippen LogP contribution in [0, 0.1) is 6.92 Å². The van der Waals surface area contributed by atoms with E-state index in [0.717, 1.165) is 25.0 Å². The highest BCUT2D eigenvalue weighted by molar-refractivity contribution is 7.92. The number of nitrogens with one attached hydrogen (secondary N) is 2.